The normalized spacial score (nSPS) is 15.2. The van der Waals surface area contributed by atoms with Crippen LogP contribution in [0.5, 0.6) is 0 Å². The summed E-state index contributed by atoms with van der Waals surface area (Å²) in [5, 5.41) is 4.50. The molecule has 0 saturated heterocycles. The van der Waals surface area contributed by atoms with Gasteiger partial charge in [-0.2, -0.15) is 0 Å². The Kier molecular flexibility index (Phi) is 5.29. The van der Waals surface area contributed by atoms with Gasteiger partial charge < -0.3 is 5.32 Å². The van der Waals surface area contributed by atoms with Crippen molar-refractivity contribution in [2.75, 3.05) is 12.3 Å². The maximum Gasteiger partial charge on any atom is 0.157 e. The third kappa shape index (κ3) is 4.21. The van der Waals surface area contributed by atoms with Gasteiger partial charge in [-0.3, -0.25) is 4.99 Å². The van der Waals surface area contributed by atoms with E-state index in [1.54, 1.807) is 17.8 Å². The van der Waals surface area contributed by atoms with Gasteiger partial charge in [0, 0.05) is 5.75 Å². The molecule has 0 radical (unpaired) electrons. The number of aliphatic imine (C=N–C) groups is 1. The van der Waals surface area contributed by atoms with Crippen LogP contribution in [-0.2, 0) is 6.42 Å². The lowest BCUT2D eigenvalue weighted by atomic mass is 9.85. The summed E-state index contributed by atoms with van der Waals surface area (Å²) in [7, 11) is 2.04. The lowest BCUT2D eigenvalue weighted by Crippen LogP contribution is -2.31. The molecule has 0 aromatic heterocycles. The van der Waals surface area contributed by atoms with Gasteiger partial charge in [0.15, 0.2) is 5.17 Å². The van der Waals surface area contributed by atoms with Gasteiger partial charge in [0.25, 0.3) is 0 Å². The first-order valence-corrected chi connectivity index (χ1v) is 9.27. The third-order valence-electron chi connectivity index (χ3n) is 4.22. The second kappa shape index (κ2) is 7.43. The van der Waals surface area contributed by atoms with Gasteiger partial charge in [-0.1, -0.05) is 52.6 Å². The number of halogens is 1. The van der Waals surface area contributed by atoms with Crippen molar-refractivity contribution in [3.63, 3.8) is 0 Å². The summed E-state index contributed by atoms with van der Waals surface area (Å²) < 4.78 is 13.8. The first-order chi connectivity index (χ1) is 11.5. The maximum absolute atomic E-state index is 13.8. The quantitative estimate of drug-likeness (QED) is 0.866. The molecule has 2 nitrogen and oxygen atoms in total. The zero-order valence-electron chi connectivity index (χ0n) is 14.4. The van der Waals surface area contributed by atoms with Crippen molar-refractivity contribution in [2.45, 2.75) is 26.3 Å². The second-order valence-electron chi connectivity index (χ2n) is 6.43. The summed E-state index contributed by atoms with van der Waals surface area (Å²) in [5.41, 5.74) is 5.88. The first-order valence-electron chi connectivity index (χ1n) is 8.28. The molecule has 1 unspecified atom stereocenters. The van der Waals surface area contributed by atoms with Crippen molar-refractivity contribution in [1.82, 2.24) is 5.32 Å². The summed E-state index contributed by atoms with van der Waals surface area (Å²) >= 11 is 1.74. The van der Waals surface area contributed by atoms with E-state index in [2.05, 4.69) is 42.4 Å². The van der Waals surface area contributed by atoms with Gasteiger partial charge in [0.05, 0.1) is 12.6 Å². The van der Waals surface area contributed by atoms with E-state index in [4.69, 9.17) is 0 Å². The Morgan fingerprint density at radius 3 is 2.62 bits per heavy atom. The van der Waals surface area contributed by atoms with Crippen LogP contribution in [0.3, 0.4) is 0 Å². The van der Waals surface area contributed by atoms with Crippen LogP contribution in [0.2, 0.25) is 0 Å². The number of amidine groups is 1. The molecule has 124 valence electrons. The minimum absolute atomic E-state index is 0.0197. The molecule has 0 aliphatic carbocycles. The molecule has 0 saturated carbocycles. The zero-order chi connectivity index (χ0) is 17.1. The number of rotatable bonds is 4. The van der Waals surface area contributed by atoms with Gasteiger partial charge >= 0.3 is 0 Å². The molecule has 0 fully saturated rings. The smallest absolute Gasteiger partial charge is 0.157 e. The summed E-state index contributed by atoms with van der Waals surface area (Å²) in [6.45, 7) is 5.08. The number of aryl methyl sites for hydroxylation is 2. The third-order valence-corrected chi connectivity index (χ3v) is 5.13. The van der Waals surface area contributed by atoms with Crippen LogP contribution in [-0.4, -0.2) is 25.3 Å². The molecule has 1 N–H and O–H groups in total. The van der Waals surface area contributed by atoms with Crippen molar-refractivity contribution in [3.05, 3.63) is 64.5 Å². The van der Waals surface area contributed by atoms with Crippen LogP contribution in [0.15, 0.2) is 41.4 Å². The molecular formula is C19H22BFN2S. The van der Waals surface area contributed by atoms with Crippen LogP contribution in [0.25, 0.3) is 0 Å². The minimum Gasteiger partial charge on any atom is -0.358 e. The predicted molar refractivity (Wildman–Crippen MR) is 105 cm³/mol. The van der Waals surface area contributed by atoms with Crippen molar-refractivity contribution in [2.24, 2.45) is 4.99 Å². The Morgan fingerprint density at radius 2 is 1.96 bits per heavy atom. The van der Waals surface area contributed by atoms with Gasteiger partial charge in [-0.05, 0) is 43.5 Å². The zero-order valence-corrected chi connectivity index (χ0v) is 15.2. The molecule has 2 aromatic carbocycles. The van der Waals surface area contributed by atoms with E-state index in [1.165, 1.54) is 22.8 Å². The van der Waals surface area contributed by atoms with E-state index < -0.39 is 0 Å². The van der Waals surface area contributed by atoms with Crippen molar-refractivity contribution < 1.29 is 4.39 Å². The Morgan fingerprint density at radius 1 is 1.21 bits per heavy atom. The topological polar surface area (TPSA) is 24.4 Å². The van der Waals surface area contributed by atoms with E-state index in [-0.39, 0.29) is 11.9 Å². The molecule has 0 spiro atoms. The number of hydrogen-bond acceptors (Lipinski definition) is 3. The highest BCUT2D eigenvalue weighted by atomic mass is 32.2. The molecule has 1 atom stereocenters. The Labute approximate surface area is 148 Å². The van der Waals surface area contributed by atoms with Gasteiger partial charge in [-0.25, -0.2) is 4.39 Å². The van der Waals surface area contributed by atoms with Gasteiger partial charge in [-0.15, -0.1) is 0 Å². The number of nitrogens with zero attached hydrogens (tertiary/aromatic N) is 1. The lowest BCUT2D eigenvalue weighted by molar-refractivity contribution is 0.609. The average Bonchev–Trinajstić information content (AvgIpc) is 3.01. The SMILES string of the molecule is Bc1ccc(F)cc1C(Cc1cc(C)cc(C)c1)NC1=NCCS1. The number of nitrogens with one attached hydrogen (secondary N) is 1. The molecule has 5 heteroatoms. The van der Waals surface area contributed by atoms with Crippen molar-refractivity contribution in [3.8, 4) is 0 Å². The number of hydrogen-bond donors (Lipinski definition) is 1. The minimum atomic E-state index is -0.191. The highest BCUT2D eigenvalue weighted by molar-refractivity contribution is 8.14. The van der Waals surface area contributed by atoms with E-state index in [0.717, 1.165) is 34.9 Å². The summed E-state index contributed by atoms with van der Waals surface area (Å²) in [6.07, 6.45) is 0.812. The van der Waals surface area contributed by atoms with Gasteiger partial charge in [0.2, 0.25) is 0 Å². The largest absolute Gasteiger partial charge is 0.358 e. The molecular weight excluding hydrogens is 318 g/mol. The van der Waals surface area contributed by atoms with E-state index in [1.807, 2.05) is 13.9 Å². The fraction of sp³-hybridized carbons (Fsp3) is 0.316. The van der Waals surface area contributed by atoms with Crippen LogP contribution in [0.1, 0.15) is 28.3 Å². The van der Waals surface area contributed by atoms with Crippen LogP contribution >= 0.6 is 11.8 Å². The number of benzene rings is 2. The Balaban J connectivity index is 1.93. The standard InChI is InChI=1S/C19H22BFN2S/c1-12-7-13(2)9-14(8-12)10-18(23-19-22-5-6-24-19)16-11-15(21)3-4-17(16)20/h3-4,7-9,11,18H,5-6,10,20H2,1-2H3,(H,22,23). The highest BCUT2D eigenvalue weighted by Gasteiger charge is 2.19. The second-order valence-corrected chi connectivity index (χ2v) is 7.52. The number of thioether (sulfide) groups is 1. The summed E-state index contributed by atoms with van der Waals surface area (Å²) in [4.78, 5) is 4.50. The summed E-state index contributed by atoms with van der Waals surface area (Å²) in [6, 6.07) is 11.6. The highest BCUT2D eigenvalue weighted by Crippen LogP contribution is 2.22. The van der Waals surface area contributed by atoms with Gasteiger partial charge in [0.1, 0.15) is 13.7 Å². The van der Waals surface area contributed by atoms with Crippen molar-refractivity contribution in [1.29, 1.82) is 0 Å². The molecule has 2 aromatic rings. The molecule has 1 aliphatic heterocycles. The molecule has 24 heavy (non-hydrogen) atoms. The molecule has 1 aliphatic rings. The summed E-state index contributed by atoms with van der Waals surface area (Å²) in [5.74, 6) is 0.824. The van der Waals surface area contributed by atoms with Crippen molar-refractivity contribution >= 4 is 30.2 Å². The van der Waals surface area contributed by atoms with Crippen LogP contribution < -0.4 is 10.8 Å². The average molecular weight is 340 g/mol. The van der Waals surface area contributed by atoms with Crippen LogP contribution in [0, 0.1) is 19.7 Å². The maximum atomic E-state index is 13.8. The van der Waals surface area contributed by atoms with E-state index >= 15 is 0 Å². The first kappa shape index (κ1) is 17.1. The fourth-order valence-electron chi connectivity index (χ4n) is 3.22. The molecule has 3 rings (SSSR count). The fourth-order valence-corrected chi connectivity index (χ4v) is 4.00. The molecule has 0 amide bonds. The van der Waals surface area contributed by atoms with Crippen LogP contribution in [0.4, 0.5) is 4.39 Å². The molecule has 0 bridgehead atoms. The monoisotopic (exact) mass is 340 g/mol. The van der Waals surface area contributed by atoms with E-state index in [9.17, 15) is 4.39 Å². The molecule has 1 heterocycles. The predicted octanol–water partition coefficient (Wildman–Crippen LogP) is 2.68. The Hall–Kier alpha value is -1.75. The lowest BCUT2D eigenvalue weighted by Gasteiger charge is -2.22. The Bertz CT molecular complexity index is 756. The van der Waals surface area contributed by atoms with E-state index in [0.29, 0.717) is 0 Å².